The second-order valence-electron chi connectivity index (χ2n) is 4.79. The van der Waals surface area contributed by atoms with E-state index in [-0.39, 0.29) is 23.4 Å². The Morgan fingerprint density at radius 3 is 2.11 bits per heavy atom. The van der Waals surface area contributed by atoms with Crippen molar-refractivity contribution in [2.24, 2.45) is 0 Å². The minimum absolute atomic E-state index is 0.124. The van der Waals surface area contributed by atoms with Crippen LogP contribution in [-0.4, -0.2) is 40.3 Å². The highest BCUT2D eigenvalue weighted by Crippen LogP contribution is 2.18. The van der Waals surface area contributed by atoms with Crippen LogP contribution in [0.5, 0.6) is 6.01 Å². The molecule has 108 valence electrons. The van der Waals surface area contributed by atoms with E-state index in [9.17, 15) is 13.2 Å². The number of alkyl halides is 3. The molecule has 0 aliphatic rings. The van der Waals surface area contributed by atoms with E-state index < -0.39 is 12.8 Å². The number of nitrogens with one attached hydrogen (secondary N) is 2. The average molecular weight is 279 g/mol. The molecule has 1 heterocycles. The zero-order chi connectivity index (χ0) is 14.7. The SMILES string of the molecule is CNc1nc(NC(C)(C)C)nc(OCC(F)(F)F)n1. The third-order valence-electron chi connectivity index (χ3n) is 1.69. The van der Waals surface area contributed by atoms with Gasteiger partial charge in [-0.1, -0.05) is 0 Å². The molecule has 0 aromatic carbocycles. The highest BCUT2D eigenvalue weighted by Gasteiger charge is 2.29. The normalized spacial score (nSPS) is 12.2. The molecule has 6 nitrogen and oxygen atoms in total. The lowest BCUT2D eigenvalue weighted by atomic mass is 10.1. The summed E-state index contributed by atoms with van der Waals surface area (Å²) in [6.07, 6.45) is -4.44. The Morgan fingerprint density at radius 2 is 1.63 bits per heavy atom. The smallest absolute Gasteiger partial charge is 0.422 e. The van der Waals surface area contributed by atoms with Crippen molar-refractivity contribution in [2.45, 2.75) is 32.5 Å². The molecule has 1 rings (SSSR count). The maximum Gasteiger partial charge on any atom is 0.422 e. The molecular formula is C10H16F3N5O. The lowest BCUT2D eigenvalue weighted by molar-refractivity contribution is -0.154. The van der Waals surface area contributed by atoms with E-state index in [0.717, 1.165) is 0 Å². The lowest BCUT2D eigenvalue weighted by Gasteiger charge is -2.20. The fourth-order valence-corrected chi connectivity index (χ4v) is 1.07. The first kappa shape index (κ1) is 15.3. The van der Waals surface area contributed by atoms with Crippen molar-refractivity contribution in [1.82, 2.24) is 15.0 Å². The first-order valence-corrected chi connectivity index (χ1v) is 5.50. The maximum absolute atomic E-state index is 12.1. The number of nitrogens with zero attached hydrogens (tertiary/aromatic N) is 3. The Hall–Kier alpha value is -1.80. The van der Waals surface area contributed by atoms with E-state index in [4.69, 9.17) is 0 Å². The van der Waals surface area contributed by atoms with Gasteiger partial charge in [0.1, 0.15) is 0 Å². The van der Waals surface area contributed by atoms with Crippen LogP contribution in [0.1, 0.15) is 20.8 Å². The van der Waals surface area contributed by atoms with Gasteiger partial charge in [-0.15, -0.1) is 0 Å². The Morgan fingerprint density at radius 1 is 1.05 bits per heavy atom. The summed E-state index contributed by atoms with van der Waals surface area (Å²) < 4.78 is 40.7. The van der Waals surface area contributed by atoms with E-state index in [1.807, 2.05) is 20.8 Å². The number of ether oxygens (including phenoxy) is 1. The highest BCUT2D eigenvalue weighted by atomic mass is 19.4. The van der Waals surface area contributed by atoms with Crippen LogP contribution < -0.4 is 15.4 Å². The molecule has 0 spiro atoms. The van der Waals surface area contributed by atoms with Gasteiger partial charge < -0.3 is 15.4 Å². The van der Waals surface area contributed by atoms with Gasteiger partial charge in [0.05, 0.1) is 0 Å². The Labute approximate surface area is 108 Å². The zero-order valence-corrected chi connectivity index (χ0v) is 11.1. The summed E-state index contributed by atoms with van der Waals surface area (Å²) in [5.74, 6) is 0.267. The van der Waals surface area contributed by atoms with Gasteiger partial charge in [-0.3, -0.25) is 0 Å². The topological polar surface area (TPSA) is 72.0 Å². The monoisotopic (exact) mass is 279 g/mol. The molecule has 1 aromatic rings. The molecule has 1 aromatic heterocycles. The van der Waals surface area contributed by atoms with Crippen LogP contribution in [0.4, 0.5) is 25.1 Å². The molecule has 0 aliphatic carbocycles. The van der Waals surface area contributed by atoms with E-state index in [2.05, 4.69) is 30.3 Å². The summed E-state index contributed by atoms with van der Waals surface area (Å²) in [7, 11) is 1.55. The van der Waals surface area contributed by atoms with E-state index in [1.165, 1.54) is 0 Å². The number of aromatic nitrogens is 3. The summed E-state index contributed by atoms with van der Waals surface area (Å²) >= 11 is 0. The van der Waals surface area contributed by atoms with Crippen molar-refractivity contribution >= 4 is 11.9 Å². The Kier molecular flexibility index (Phi) is 4.38. The predicted molar refractivity (Wildman–Crippen MR) is 64.3 cm³/mol. The summed E-state index contributed by atoms with van der Waals surface area (Å²) in [6.45, 7) is 4.15. The van der Waals surface area contributed by atoms with E-state index in [1.54, 1.807) is 7.05 Å². The van der Waals surface area contributed by atoms with Gasteiger partial charge in [0, 0.05) is 12.6 Å². The van der Waals surface area contributed by atoms with Crippen LogP contribution in [0.3, 0.4) is 0 Å². The quantitative estimate of drug-likeness (QED) is 0.879. The fourth-order valence-electron chi connectivity index (χ4n) is 1.07. The van der Waals surface area contributed by atoms with Gasteiger partial charge in [-0.05, 0) is 20.8 Å². The third kappa shape index (κ3) is 6.07. The van der Waals surface area contributed by atoms with Gasteiger partial charge in [-0.2, -0.15) is 28.1 Å². The molecule has 9 heteroatoms. The molecule has 0 fully saturated rings. The third-order valence-corrected chi connectivity index (χ3v) is 1.69. The number of hydrogen-bond acceptors (Lipinski definition) is 6. The standard InChI is InChI=1S/C10H16F3N5O/c1-9(2,3)18-7-15-6(14-4)16-8(17-7)19-5-10(11,12)13/h5H2,1-4H3,(H2,14,15,16,17,18). The minimum atomic E-state index is -4.44. The molecule has 0 atom stereocenters. The molecule has 0 radical (unpaired) electrons. The van der Waals surface area contributed by atoms with Crippen LogP contribution >= 0.6 is 0 Å². The summed E-state index contributed by atoms with van der Waals surface area (Å²) in [5, 5.41) is 5.56. The van der Waals surface area contributed by atoms with Crippen LogP contribution in [-0.2, 0) is 0 Å². The van der Waals surface area contributed by atoms with Crippen LogP contribution in [0, 0.1) is 0 Å². The van der Waals surface area contributed by atoms with Crippen LogP contribution in [0.15, 0.2) is 0 Å². The Balaban J connectivity index is 2.89. The van der Waals surface area contributed by atoms with Crippen molar-refractivity contribution in [1.29, 1.82) is 0 Å². The molecule has 2 N–H and O–H groups in total. The molecular weight excluding hydrogens is 263 g/mol. The van der Waals surface area contributed by atoms with E-state index >= 15 is 0 Å². The van der Waals surface area contributed by atoms with Gasteiger partial charge in [-0.25, -0.2) is 0 Å². The van der Waals surface area contributed by atoms with Gasteiger partial charge >= 0.3 is 12.2 Å². The fraction of sp³-hybridized carbons (Fsp3) is 0.700. The number of halogens is 3. The van der Waals surface area contributed by atoms with Crippen molar-refractivity contribution in [3.8, 4) is 6.01 Å². The average Bonchev–Trinajstić information content (AvgIpc) is 2.22. The first-order valence-electron chi connectivity index (χ1n) is 5.50. The van der Waals surface area contributed by atoms with Crippen molar-refractivity contribution in [3.05, 3.63) is 0 Å². The maximum atomic E-state index is 12.1. The van der Waals surface area contributed by atoms with Crippen LogP contribution in [0.2, 0.25) is 0 Å². The molecule has 0 aliphatic heterocycles. The molecule has 0 saturated heterocycles. The molecule has 0 bridgehead atoms. The summed E-state index contributed by atoms with van der Waals surface area (Å²) in [4.78, 5) is 11.4. The predicted octanol–water partition coefficient (Wildman–Crippen LogP) is 2.06. The van der Waals surface area contributed by atoms with Crippen molar-refractivity contribution in [3.63, 3.8) is 0 Å². The number of rotatable bonds is 4. The summed E-state index contributed by atoms with van der Waals surface area (Å²) in [6, 6.07) is -0.386. The van der Waals surface area contributed by atoms with E-state index in [0.29, 0.717) is 0 Å². The lowest BCUT2D eigenvalue weighted by Crippen LogP contribution is -2.28. The first-order chi connectivity index (χ1) is 8.59. The van der Waals surface area contributed by atoms with Gasteiger partial charge in [0.2, 0.25) is 11.9 Å². The van der Waals surface area contributed by atoms with Crippen molar-refractivity contribution < 1.29 is 17.9 Å². The number of anilines is 2. The second-order valence-corrected chi connectivity index (χ2v) is 4.79. The molecule has 0 saturated carbocycles. The number of hydrogen-bond donors (Lipinski definition) is 2. The zero-order valence-electron chi connectivity index (χ0n) is 11.1. The highest BCUT2D eigenvalue weighted by molar-refractivity contribution is 5.36. The minimum Gasteiger partial charge on any atom is -0.454 e. The summed E-state index contributed by atoms with van der Waals surface area (Å²) in [5.41, 5.74) is -0.340. The molecule has 0 amide bonds. The van der Waals surface area contributed by atoms with Crippen molar-refractivity contribution in [2.75, 3.05) is 24.3 Å². The van der Waals surface area contributed by atoms with Gasteiger partial charge in [0.25, 0.3) is 0 Å². The molecule has 0 unspecified atom stereocenters. The van der Waals surface area contributed by atoms with Crippen LogP contribution in [0.25, 0.3) is 0 Å². The Bertz CT molecular complexity index is 430. The largest absolute Gasteiger partial charge is 0.454 e. The molecule has 19 heavy (non-hydrogen) atoms. The second kappa shape index (κ2) is 5.45. The van der Waals surface area contributed by atoms with Gasteiger partial charge in [0.15, 0.2) is 6.61 Å².